The SMILES string of the molecule is COc1cc(/C=C2/NC(=O)N(c3ccccc3)C2=O)cc(Br)c1OCC(=O)Nc1ccccc1. The van der Waals surface area contributed by atoms with Gasteiger partial charge in [-0.25, -0.2) is 9.69 Å². The molecule has 172 valence electrons. The molecule has 3 aromatic carbocycles. The Hall–Kier alpha value is -4.11. The monoisotopic (exact) mass is 521 g/mol. The summed E-state index contributed by atoms with van der Waals surface area (Å²) >= 11 is 3.43. The maximum atomic E-state index is 12.8. The largest absolute Gasteiger partial charge is 0.493 e. The summed E-state index contributed by atoms with van der Waals surface area (Å²) in [4.78, 5) is 38.5. The zero-order valence-corrected chi connectivity index (χ0v) is 19.7. The number of amides is 4. The molecule has 1 aliphatic rings. The molecule has 0 unspecified atom stereocenters. The van der Waals surface area contributed by atoms with E-state index in [1.165, 1.54) is 7.11 Å². The van der Waals surface area contributed by atoms with E-state index in [0.717, 1.165) is 4.90 Å². The van der Waals surface area contributed by atoms with E-state index in [1.54, 1.807) is 60.7 Å². The third-order valence-electron chi connectivity index (χ3n) is 4.86. The third-order valence-corrected chi connectivity index (χ3v) is 5.45. The maximum Gasteiger partial charge on any atom is 0.333 e. The Morgan fingerprint density at radius 2 is 1.74 bits per heavy atom. The van der Waals surface area contributed by atoms with Crippen LogP contribution in [0.2, 0.25) is 0 Å². The maximum absolute atomic E-state index is 12.8. The number of hydrogen-bond donors (Lipinski definition) is 2. The van der Waals surface area contributed by atoms with Gasteiger partial charge in [-0.3, -0.25) is 9.59 Å². The molecule has 4 amide bonds. The van der Waals surface area contributed by atoms with E-state index in [4.69, 9.17) is 9.47 Å². The molecule has 0 bridgehead atoms. The first kappa shape index (κ1) is 23.1. The molecule has 2 N–H and O–H groups in total. The highest BCUT2D eigenvalue weighted by atomic mass is 79.9. The number of para-hydroxylation sites is 2. The molecule has 34 heavy (non-hydrogen) atoms. The molecular weight excluding hydrogens is 502 g/mol. The Kier molecular flexibility index (Phi) is 6.93. The van der Waals surface area contributed by atoms with Crippen LogP contribution >= 0.6 is 15.9 Å². The number of rotatable bonds is 7. The fourth-order valence-corrected chi connectivity index (χ4v) is 3.91. The van der Waals surface area contributed by atoms with Gasteiger partial charge in [0.1, 0.15) is 5.70 Å². The Morgan fingerprint density at radius 3 is 2.41 bits per heavy atom. The summed E-state index contributed by atoms with van der Waals surface area (Å²) in [5.41, 5.74) is 1.85. The molecule has 0 spiro atoms. The zero-order valence-electron chi connectivity index (χ0n) is 18.1. The van der Waals surface area contributed by atoms with Crippen molar-refractivity contribution >= 4 is 51.2 Å². The Morgan fingerprint density at radius 1 is 1.06 bits per heavy atom. The lowest BCUT2D eigenvalue weighted by atomic mass is 10.1. The first-order chi connectivity index (χ1) is 16.5. The summed E-state index contributed by atoms with van der Waals surface area (Å²) in [6.07, 6.45) is 1.54. The lowest BCUT2D eigenvalue weighted by Gasteiger charge is -2.14. The van der Waals surface area contributed by atoms with Crippen LogP contribution in [0.1, 0.15) is 5.56 Å². The first-order valence-electron chi connectivity index (χ1n) is 10.2. The van der Waals surface area contributed by atoms with Gasteiger partial charge in [-0.05, 0) is 64.0 Å². The number of nitrogens with zero attached hydrogens (tertiary/aromatic N) is 1. The van der Waals surface area contributed by atoms with E-state index in [-0.39, 0.29) is 18.2 Å². The molecule has 4 rings (SSSR count). The quantitative estimate of drug-likeness (QED) is 0.350. The standard InChI is InChI=1S/C25H20BrN3O5/c1-33-21-14-16(13-20-24(31)29(25(32)28-20)18-10-6-3-7-11-18)12-19(26)23(21)34-15-22(30)27-17-8-4-2-5-9-17/h2-14H,15H2,1H3,(H,27,30)(H,28,32)/b20-13+. The molecular formula is C25H20BrN3O5. The molecule has 1 fully saturated rings. The van der Waals surface area contributed by atoms with Crippen LogP contribution in [-0.2, 0) is 9.59 Å². The molecule has 0 aliphatic carbocycles. The fourth-order valence-electron chi connectivity index (χ4n) is 3.33. The van der Waals surface area contributed by atoms with Crippen molar-refractivity contribution in [3.8, 4) is 11.5 Å². The second-order valence-electron chi connectivity index (χ2n) is 7.20. The van der Waals surface area contributed by atoms with E-state index in [0.29, 0.717) is 32.9 Å². The predicted octanol–water partition coefficient (Wildman–Crippen LogP) is 4.57. The van der Waals surface area contributed by atoms with Gasteiger partial charge in [0.15, 0.2) is 18.1 Å². The number of imide groups is 1. The number of methoxy groups -OCH3 is 1. The Balaban J connectivity index is 1.50. The number of anilines is 2. The minimum absolute atomic E-state index is 0.124. The van der Waals surface area contributed by atoms with Crippen molar-refractivity contribution in [3.05, 3.63) is 88.5 Å². The molecule has 8 nitrogen and oxygen atoms in total. The smallest absolute Gasteiger partial charge is 0.333 e. The minimum atomic E-state index is -0.530. The first-order valence-corrected chi connectivity index (χ1v) is 11.0. The summed E-state index contributed by atoms with van der Waals surface area (Å²) in [6, 6.07) is 20.5. The lowest BCUT2D eigenvalue weighted by molar-refractivity contribution is -0.118. The zero-order chi connectivity index (χ0) is 24.1. The Bertz CT molecular complexity index is 1260. The summed E-state index contributed by atoms with van der Waals surface area (Å²) in [5.74, 6) is -0.109. The number of urea groups is 1. The summed E-state index contributed by atoms with van der Waals surface area (Å²) in [5, 5.41) is 5.34. The van der Waals surface area contributed by atoms with Crippen LogP contribution in [0.25, 0.3) is 6.08 Å². The molecule has 3 aromatic rings. The topological polar surface area (TPSA) is 97.0 Å². The second-order valence-corrected chi connectivity index (χ2v) is 8.06. The number of carbonyl (C=O) groups excluding carboxylic acids is 3. The molecule has 1 heterocycles. The van der Waals surface area contributed by atoms with Crippen LogP contribution in [0.3, 0.4) is 0 Å². The number of ether oxygens (including phenoxy) is 2. The van der Waals surface area contributed by atoms with Gasteiger partial charge in [-0.1, -0.05) is 36.4 Å². The van der Waals surface area contributed by atoms with Gasteiger partial charge in [0.2, 0.25) is 0 Å². The summed E-state index contributed by atoms with van der Waals surface area (Å²) < 4.78 is 11.6. The normalized spacial score (nSPS) is 14.2. The highest BCUT2D eigenvalue weighted by Crippen LogP contribution is 2.37. The Labute approximate surface area is 204 Å². The molecule has 9 heteroatoms. The number of hydrogen-bond acceptors (Lipinski definition) is 5. The van der Waals surface area contributed by atoms with Crippen LogP contribution in [0.5, 0.6) is 11.5 Å². The van der Waals surface area contributed by atoms with Crippen LogP contribution in [-0.4, -0.2) is 31.6 Å². The van der Waals surface area contributed by atoms with Crippen LogP contribution in [0, 0.1) is 0 Å². The van der Waals surface area contributed by atoms with E-state index < -0.39 is 11.9 Å². The number of nitrogens with one attached hydrogen (secondary N) is 2. The van der Waals surface area contributed by atoms with Crippen LogP contribution < -0.4 is 25.0 Å². The van der Waals surface area contributed by atoms with Gasteiger partial charge in [0, 0.05) is 5.69 Å². The lowest BCUT2D eigenvalue weighted by Crippen LogP contribution is -2.30. The van der Waals surface area contributed by atoms with Gasteiger partial charge >= 0.3 is 6.03 Å². The van der Waals surface area contributed by atoms with Crippen molar-refractivity contribution < 1.29 is 23.9 Å². The van der Waals surface area contributed by atoms with Crippen molar-refractivity contribution in [1.82, 2.24) is 5.32 Å². The molecule has 1 aliphatic heterocycles. The van der Waals surface area contributed by atoms with Gasteiger partial charge < -0.3 is 20.1 Å². The number of carbonyl (C=O) groups is 3. The average molecular weight is 522 g/mol. The number of benzene rings is 3. The average Bonchev–Trinajstić information content (AvgIpc) is 3.11. The van der Waals surface area contributed by atoms with Crippen LogP contribution in [0.15, 0.2) is 83.0 Å². The summed E-state index contributed by atoms with van der Waals surface area (Å²) in [7, 11) is 1.47. The van der Waals surface area contributed by atoms with Gasteiger partial charge in [-0.2, -0.15) is 0 Å². The molecule has 0 atom stereocenters. The van der Waals surface area contributed by atoms with Gasteiger partial charge in [0.25, 0.3) is 11.8 Å². The van der Waals surface area contributed by atoms with Gasteiger partial charge in [-0.15, -0.1) is 0 Å². The molecule has 0 radical (unpaired) electrons. The highest BCUT2D eigenvalue weighted by molar-refractivity contribution is 9.10. The van der Waals surface area contributed by atoms with Crippen molar-refractivity contribution in [2.45, 2.75) is 0 Å². The van der Waals surface area contributed by atoms with Crippen molar-refractivity contribution in [2.75, 3.05) is 23.9 Å². The highest BCUT2D eigenvalue weighted by Gasteiger charge is 2.34. The van der Waals surface area contributed by atoms with Crippen LogP contribution in [0.4, 0.5) is 16.2 Å². The van der Waals surface area contributed by atoms with E-state index in [1.807, 2.05) is 18.2 Å². The second kappa shape index (κ2) is 10.2. The minimum Gasteiger partial charge on any atom is -0.493 e. The molecule has 0 aromatic heterocycles. The number of halogens is 1. The van der Waals surface area contributed by atoms with Crippen molar-refractivity contribution in [3.63, 3.8) is 0 Å². The van der Waals surface area contributed by atoms with Crippen molar-refractivity contribution in [1.29, 1.82) is 0 Å². The summed E-state index contributed by atoms with van der Waals surface area (Å²) in [6.45, 7) is -0.231. The predicted molar refractivity (Wildman–Crippen MR) is 132 cm³/mol. The van der Waals surface area contributed by atoms with E-state index in [9.17, 15) is 14.4 Å². The van der Waals surface area contributed by atoms with Crippen molar-refractivity contribution in [2.24, 2.45) is 0 Å². The van der Waals surface area contributed by atoms with E-state index >= 15 is 0 Å². The molecule has 0 saturated carbocycles. The van der Waals surface area contributed by atoms with Gasteiger partial charge in [0.05, 0.1) is 17.3 Å². The third kappa shape index (κ3) is 5.10. The molecule has 1 saturated heterocycles. The fraction of sp³-hybridized carbons (Fsp3) is 0.0800. The van der Waals surface area contributed by atoms with E-state index in [2.05, 4.69) is 26.6 Å².